The van der Waals surface area contributed by atoms with Gasteiger partial charge in [-0.3, -0.25) is 4.79 Å². The third-order valence-electron chi connectivity index (χ3n) is 2.94. The molecule has 4 nitrogen and oxygen atoms in total. The first-order valence-corrected chi connectivity index (χ1v) is 7.34. The Labute approximate surface area is 123 Å². The number of halogens is 1. The monoisotopic (exact) mass is 327 g/mol. The second-order valence-corrected chi connectivity index (χ2v) is 6.06. The first-order valence-electron chi connectivity index (χ1n) is 6.55. The van der Waals surface area contributed by atoms with Crippen LogP contribution in [0.1, 0.15) is 32.4 Å². The van der Waals surface area contributed by atoms with Crippen LogP contribution in [0.3, 0.4) is 0 Å². The number of hydrogen-bond donors (Lipinski definition) is 2. The lowest BCUT2D eigenvalue weighted by Gasteiger charge is -2.17. The molecule has 0 aliphatic heterocycles. The van der Waals surface area contributed by atoms with Gasteiger partial charge in [-0.2, -0.15) is 0 Å². The number of hydrogen-bond acceptors (Lipinski definition) is 3. The van der Waals surface area contributed by atoms with Gasteiger partial charge in [0.2, 0.25) is 5.91 Å². The highest BCUT2D eigenvalue weighted by Crippen LogP contribution is 2.18. The summed E-state index contributed by atoms with van der Waals surface area (Å²) in [5.74, 6) is 0.796. The van der Waals surface area contributed by atoms with E-state index < -0.39 is 0 Å². The molecule has 0 spiro atoms. The molecule has 106 valence electrons. The molecule has 0 fully saturated rings. The SMILES string of the molecule is Cc1nc(Br)ccc1NC(=O)C[C@@H](CN)CC(C)C. The van der Waals surface area contributed by atoms with E-state index in [9.17, 15) is 4.79 Å². The van der Waals surface area contributed by atoms with Crippen molar-refractivity contribution in [2.75, 3.05) is 11.9 Å². The summed E-state index contributed by atoms with van der Waals surface area (Å²) in [7, 11) is 0. The Balaban J connectivity index is 2.59. The average Bonchev–Trinajstić information content (AvgIpc) is 2.31. The predicted octanol–water partition coefficient (Wildman–Crippen LogP) is 3.10. The van der Waals surface area contributed by atoms with Gasteiger partial charge in [0, 0.05) is 6.42 Å². The number of rotatable bonds is 6. The molecule has 0 aliphatic rings. The fraction of sp³-hybridized carbons (Fsp3) is 0.571. The maximum Gasteiger partial charge on any atom is 0.224 e. The van der Waals surface area contributed by atoms with Crippen LogP contribution < -0.4 is 11.1 Å². The fourth-order valence-corrected chi connectivity index (χ4v) is 2.45. The van der Waals surface area contributed by atoms with Crippen molar-refractivity contribution in [3.63, 3.8) is 0 Å². The lowest BCUT2D eigenvalue weighted by atomic mass is 9.94. The summed E-state index contributed by atoms with van der Waals surface area (Å²) < 4.78 is 0.766. The standard InChI is InChI=1S/C14H22BrN3O/c1-9(2)6-11(8-16)7-14(19)18-12-4-5-13(15)17-10(12)3/h4-5,9,11H,6-8,16H2,1-3H3,(H,18,19)/t11-/m0/s1. The summed E-state index contributed by atoms with van der Waals surface area (Å²) in [5.41, 5.74) is 7.27. The first-order chi connectivity index (χ1) is 8.92. The molecule has 0 aromatic carbocycles. The number of aromatic nitrogens is 1. The molecular weight excluding hydrogens is 306 g/mol. The van der Waals surface area contributed by atoms with Crippen molar-refractivity contribution in [1.29, 1.82) is 0 Å². The number of nitrogens with two attached hydrogens (primary N) is 1. The van der Waals surface area contributed by atoms with Crippen molar-refractivity contribution in [3.05, 3.63) is 22.4 Å². The van der Waals surface area contributed by atoms with Crippen LogP contribution in [0.2, 0.25) is 0 Å². The van der Waals surface area contributed by atoms with E-state index in [4.69, 9.17) is 5.73 Å². The summed E-state index contributed by atoms with van der Waals surface area (Å²) in [6.45, 7) is 6.70. The molecule has 1 aromatic heterocycles. The molecule has 19 heavy (non-hydrogen) atoms. The molecule has 0 aliphatic carbocycles. The lowest BCUT2D eigenvalue weighted by Crippen LogP contribution is -2.23. The second-order valence-electron chi connectivity index (χ2n) is 5.25. The number of pyridine rings is 1. The number of nitrogens with one attached hydrogen (secondary N) is 1. The lowest BCUT2D eigenvalue weighted by molar-refractivity contribution is -0.117. The van der Waals surface area contributed by atoms with Crippen molar-refractivity contribution in [3.8, 4) is 0 Å². The van der Waals surface area contributed by atoms with Crippen LogP contribution >= 0.6 is 15.9 Å². The van der Waals surface area contributed by atoms with E-state index in [1.54, 1.807) is 0 Å². The zero-order valence-corrected chi connectivity index (χ0v) is 13.3. The van der Waals surface area contributed by atoms with Gasteiger partial charge in [0.1, 0.15) is 4.60 Å². The van der Waals surface area contributed by atoms with Crippen molar-refractivity contribution in [2.24, 2.45) is 17.6 Å². The molecular formula is C14H22BrN3O. The Bertz CT molecular complexity index is 435. The van der Waals surface area contributed by atoms with Gasteiger partial charge in [-0.05, 0) is 59.8 Å². The molecule has 1 rings (SSSR count). The van der Waals surface area contributed by atoms with Crippen LogP contribution in [0.4, 0.5) is 5.69 Å². The van der Waals surface area contributed by atoms with E-state index in [-0.39, 0.29) is 11.8 Å². The van der Waals surface area contributed by atoms with Gasteiger partial charge in [0.15, 0.2) is 0 Å². The quantitative estimate of drug-likeness (QED) is 0.789. The van der Waals surface area contributed by atoms with E-state index in [0.717, 1.165) is 22.4 Å². The average molecular weight is 328 g/mol. The molecule has 0 unspecified atom stereocenters. The largest absolute Gasteiger partial charge is 0.330 e. The van der Waals surface area contributed by atoms with Crippen LogP contribution in [-0.4, -0.2) is 17.4 Å². The van der Waals surface area contributed by atoms with Gasteiger partial charge in [-0.25, -0.2) is 4.98 Å². The minimum absolute atomic E-state index is 0.00308. The number of nitrogens with zero attached hydrogens (tertiary/aromatic N) is 1. The molecule has 1 aromatic rings. The van der Waals surface area contributed by atoms with Gasteiger partial charge in [0.05, 0.1) is 11.4 Å². The molecule has 5 heteroatoms. The highest BCUT2D eigenvalue weighted by molar-refractivity contribution is 9.10. The minimum Gasteiger partial charge on any atom is -0.330 e. The molecule has 1 heterocycles. The van der Waals surface area contributed by atoms with Crippen LogP contribution in [0, 0.1) is 18.8 Å². The number of carbonyl (C=O) groups is 1. The zero-order valence-electron chi connectivity index (χ0n) is 11.7. The highest BCUT2D eigenvalue weighted by Gasteiger charge is 2.15. The van der Waals surface area contributed by atoms with Gasteiger partial charge in [-0.15, -0.1) is 0 Å². The van der Waals surface area contributed by atoms with E-state index in [1.807, 2.05) is 19.1 Å². The Morgan fingerprint density at radius 2 is 2.16 bits per heavy atom. The summed E-state index contributed by atoms with van der Waals surface area (Å²) >= 11 is 3.30. The van der Waals surface area contributed by atoms with E-state index >= 15 is 0 Å². The summed E-state index contributed by atoms with van der Waals surface area (Å²) in [6, 6.07) is 3.67. The molecule has 0 bridgehead atoms. The Hall–Kier alpha value is -0.940. The molecule has 1 atom stereocenters. The first kappa shape index (κ1) is 16.1. The molecule has 0 saturated heterocycles. The maximum absolute atomic E-state index is 12.0. The molecule has 0 saturated carbocycles. The Kier molecular flexibility index (Phi) is 6.45. The topological polar surface area (TPSA) is 68.0 Å². The number of amides is 1. The molecule has 0 radical (unpaired) electrons. The van der Waals surface area contributed by atoms with Crippen LogP contribution in [0.25, 0.3) is 0 Å². The maximum atomic E-state index is 12.0. The van der Waals surface area contributed by atoms with Gasteiger partial charge >= 0.3 is 0 Å². The fourth-order valence-electron chi connectivity index (χ4n) is 2.06. The second kappa shape index (κ2) is 7.60. The van der Waals surface area contributed by atoms with Gasteiger partial charge in [-0.1, -0.05) is 13.8 Å². The summed E-state index contributed by atoms with van der Waals surface area (Å²) in [4.78, 5) is 16.2. The van der Waals surface area contributed by atoms with Crippen LogP contribution in [0.15, 0.2) is 16.7 Å². The van der Waals surface area contributed by atoms with Gasteiger partial charge < -0.3 is 11.1 Å². The van der Waals surface area contributed by atoms with Crippen LogP contribution in [-0.2, 0) is 4.79 Å². The summed E-state index contributed by atoms with van der Waals surface area (Å²) in [5, 5.41) is 2.90. The summed E-state index contributed by atoms with van der Waals surface area (Å²) in [6.07, 6.45) is 1.44. The van der Waals surface area contributed by atoms with Crippen LogP contribution in [0.5, 0.6) is 0 Å². The number of carbonyl (C=O) groups excluding carboxylic acids is 1. The Morgan fingerprint density at radius 3 is 2.68 bits per heavy atom. The minimum atomic E-state index is 0.00308. The number of aryl methyl sites for hydroxylation is 1. The number of anilines is 1. The van der Waals surface area contributed by atoms with Crippen molar-refractivity contribution in [2.45, 2.75) is 33.6 Å². The van der Waals surface area contributed by atoms with Gasteiger partial charge in [0.25, 0.3) is 0 Å². The molecule has 3 N–H and O–H groups in total. The third kappa shape index (κ3) is 5.70. The van der Waals surface area contributed by atoms with Crippen molar-refractivity contribution < 1.29 is 4.79 Å². The third-order valence-corrected chi connectivity index (χ3v) is 3.38. The van der Waals surface area contributed by atoms with E-state index in [0.29, 0.717) is 18.9 Å². The predicted molar refractivity (Wildman–Crippen MR) is 81.9 cm³/mol. The normalized spacial score (nSPS) is 12.5. The Morgan fingerprint density at radius 1 is 1.47 bits per heavy atom. The zero-order chi connectivity index (χ0) is 14.4. The highest BCUT2D eigenvalue weighted by atomic mass is 79.9. The molecule has 1 amide bonds. The van der Waals surface area contributed by atoms with Crippen molar-refractivity contribution in [1.82, 2.24) is 4.98 Å². The van der Waals surface area contributed by atoms with E-state index in [1.165, 1.54) is 0 Å². The smallest absolute Gasteiger partial charge is 0.224 e. The van der Waals surface area contributed by atoms with Crippen molar-refractivity contribution >= 4 is 27.5 Å². The van der Waals surface area contributed by atoms with E-state index in [2.05, 4.69) is 40.1 Å².